The zero-order valence-corrected chi connectivity index (χ0v) is 19.1. The minimum absolute atomic E-state index is 0.0451. The number of carbonyl (C=O) groups excluding carboxylic acids is 2. The van der Waals surface area contributed by atoms with Gasteiger partial charge in [-0.05, 0) is 48.4 Å². The molecule has 0 saturated carbocycles. The van der Waals surface area contributed by atoms with E-state index >= 15 is 0 Å². The van der Waals surface area contributed by atoms with E-state index in [1.54, 1.807) is 5.32 Å². The number of aromatic hydroxyl groups is 1. The lowest BCUT2D eigenvalue weighted by Gasteiger charge is -2.29. The van der Waals surface area contributed by atoms with Crippen LogP contribution in [-0.4, -0.2) is 48.1 Å². The fourth-order valence-corrected chi connectivity index (χ4v) is 3.71. The maximum atomic E-state index is 14.1. The van der Waals surface area contributed by atoms with Crippen LogP contribution in [0.2, 0.25) is 5.02 Å². The number of nitrogens with zero attached hydrogens (tertiary/aromatic N) is 1. The number of phenolic OH excluding ortho intramolecular Hbond substituents is 1. The van der Waals surface area contributed by atoms with Gasteiger partial charge in [0.1, 0.15) is 12.3 Å². The highest BCUT2D eigenvalue weighted by Crippen LogP contribution is 2.49. The van der Waals surface area contributed by atoms with E-state index in [4.69, 9.17) is 16.4 Å². The lowest BCUT2D eigenvalue weighted by atomic mass is 9.86. The van der Waals surface area contributed by atoms with Crippen molar-refractivity contribution in [1.82, 2.24) is 10.6 Å². The monoisotopic (exact) mass is 537 g/mol. The maximum absolute atomic E-state index is 14.1. The topological polar surface area (TPSA) is 100 Å². The number of alkyl halides is 6. The largest absolute Gasteiger partial charge is 0.508 e. The Hall–Kier alpha value is -3.48. The van der Waals surface area contributed by atoms with Gasteiger partial charge in [0.05, 0.1) is 12.3 Å². The molecule has 1 aliphatic rings. The molecule has 0 spiro atoms. The quantitative estimate of drug-likeness (QED) is 0.477. The SMILES string of the molecule is Cc1cc(C2=NO[C@](c3cc(O)cc(Cl)c3)(C(F)(F)F)C2)ccc1C(=O)NCC(=O)NCC(F)(F)F. The van der Waals surface area contributed by atoms with Crippen molar-refractivity contribution in [3.05, 3.63) is 63.7 Å². The summed E-state index contributed by atoms with van der Waals surface area (Å²) in [6.07, 6.45) is -10.3. The molecule has 0 fully saturated rings. The van der Waals surface area contributed by atoms with Gasteiger partial charge in [0.2, 0.25) is 5.91 Å². The third-order valence-corrected chi connectivity index (χ3v) is 5.45. The second-order valence-corrected chi connectivity index (χ2v) is 8.37. The minimum atomic E-state index is -4.93. The second-order valence-electron chi connectivity index (χ2n) is 7.93. The van der Waals surface area contributed by atoms with Gasteiger partial charge in [0, 0.05) is 22.6 Å². The molecule has 0 saturated heterocycles. The second kappa shape index (κ2) is 9.88. The fraction of sp³-hybridized carbons (Fsp3) is 0.318. The number of oxime groups is 1. The number of rotatable bonds is 6. The summed E-state index contributed by atoms with van der Waals surface area (Å²) in [6, 6.07) is 6.92. The number of nitrogens with one attached hydrogen (secondary N) is 2. The molecule has 0 unspecified atom stereocenters. The van der Waals surface area contributed by atoms with Gasteiger partial charge in [-0.3, -0.25) is 9.59 Å². The number of hydrogen-bond donors (Lipinski definition) is 3. The molecule has 3 rings (SSSR count). The summed E-state index contributed by atoms with van der Waals surface area (Å²) in [6.45, 7) is -0.782. The van der Waals surface area contributed by atoms with Crippen molar-refractivity contribution >= 4 is 29.1 Å². The van der Waals surface area contributed by atoms with Gasteiger partial charge < -0.3 is 20.6 Å². The Morgan fingerprint density at radius 1 is 1.11 bits per heavy atom. The zero-order chi connectivity index (χ0) is 26.9. The molecule has 7 nitrogen and oxygen atoms in total. The third-order valence-electron chi connectivity index (χ3n) is 5.23. The Bertz CT molecular complexity index is 1190. The normalized spacial score (nSPS) is 17.8. The highest BCUT2D eigenvalue weighted by molar-refractivity contribution is 6.30. The molecule has 1 atom stereocenters. The van der Waals surface area contributed by atoms with E-state index in [1.165, 1.54) is 25.1 Å². The summed E-state index contributed by atoms with van der Waals surface area (Å²) in [5, 5.41) is 17.0. The molecular weight excluding hydrogens is 520 g/mol. The molecule has 3 N–H and O–H groups in total. The van der Waals surface area contributed by atoms with Crippen molar-refractivity contribution in [2.45, 2.75) is 31.3 Å². The molecule has 0 aliphatic carbocycles. The van der Waals surface area contributed by atoms with Crippen molar-refractivity contribution in [2.24, 2.45) is 5.16 Å². The minimum Gasteiger partial charge on any atom is -0.508 e. The molecule has 0 radical (unpaired) electrons. The number of benzene rings is 2. The van der Waals surface area contributed by atoms with Gasteiger partial charge in [-0.25, -0.2) is 0 Å². The average molecular weight is 538 g/mol. The number of amides is 2. The van der Waals surface area contributed by atoms with Crippen LogP contribution in [0.25, 0.3) is 0 Å². The van der Waals surface area contributed by atoms with E-state index in [2.05, 4.69) is 10.5 Å². The molecule has 1 heterocycles. The average Bonchev–Trinajstić information content (AvgIpc) is 3.22. The van der Waals surface area contributed by atoms with Gasteiger partial charge in [-0.15, -0.1) is 0 Å². The summed E-state index contributed by atoms with van der Waals surface area (Å²) in [5.41, 5.74) is -2.89. The Morgan fingerprint density at radius 2 is 1.81 bits per heavy atom. The van der Waals surface area contributed by atoms with Crippen LogP contribution in [-0.2, 0) is 15.2 Å². The molecule has 36 heavy (non-hydrogen) atoms. The van der Waals surface area contributed by atoms with Crippen molar-refractivity contribution in [2.75, 3.05) is 13.1 Å². The third kappa shape index (κ3) is 6.01. The van der Waals surface area contributed by atoms with Crippen LogP contribution in [0.4, 0.5) is 26.3 Å². The molecule has 14 heteroatoms. The summed E-state index contributed by atoms with van der Waals surface area (Å²) < 4.78 is 78.7. The Balaban J connectivity index is 1.75. The summed E-state index contributed by atoms with van der Waals surface area (Å²) in [7, 11) is 0. The summed E-state index contributed by atoms with van der Waals surface area (Å²) >= 11 is 5.81. The van der Waals surface area contributed by atoms with Gasteiger partial charge in [0.25, 0.3) is 11.5 Å². The van der Waals surface area contributed by atoms with Crippen LogP contribution in [0.3, 0.4) is 0 Å². The number of carbonyl (C=O) groups is 2. The number of phenols is 1. The summed E-state index contributed by atoms with van der Waals surface area (Å²) in [5.74, 6) is -2.32. The van der Waals surface area contributed by atoms with E-state index in [9.17, 15) is 41.0 Å². The van der Waals surface area contributed by atoms with Crippen LogP contribution >= 0.6 is 11.6 Å². The lowest BCUT2D eigenvalue weighted by molar-refractivity contribution is -0.275. The van der Waals surface area contributed by atoms with E-state index in [0.717, 1.165) is 18.2 Å². The highest BCUT2D eigenvalue weighted by atomic mass is 35.5. The number of halogens is 7. The van der Waals surface area contributed by atoms with Crippen LogP contribution in [0.15, 0.2) is 41.6 Å². The predicted octanol–water partition coefficient (Wildman–Crippen LogP) is 4.34. The van der Waals surface area contributed by atoms with E-state index in [1.807, 2.05) is 0 Å². The Kier molecular flexibility index (Phi) is 7.44. The van der Waals surface area contributed by atoms with Crippen LogP contribution in [0.1, 0.15) is 33.5 Å². The van der Waals surface area contributed by atoms with Crippen LogP contribution in [0.5, 0.6) is 5.75 Å². The van der Waals surface area contributed by atoms with Gasteiger partial charge >= 0.3 is 12.4 Å². The predicted molar refractivity (Wildman–Crippen MR) is 116 cm³/mol. The molecule has 2 amide bonds. The van der Waals surface area contributed by atoms with Crippen molar-refractivity contribution < 1.29 is 45.9 Å². The molecular formula is C22H18ClF6N3O4. The number of hydrogen-bond acceptors (Lipinski definition) is 5. The molecule has 1 aliphatic heterocycles. The van der Waals surface area contributed by atoms with Gasteiger partial charge in [-0.1, -0.05) is 22.8 Å². The zero-order valence-electron chi connectivity index (χ0n) is 18.4. The number of aryl methyl sites for hydroxylation is 1. The van der Waals surface area contributed by atoms with Gasteiger partial charge in [-0.2, -0.15) is 26.3 Å². The van der Waals surface area contributed by atoms with Crippen molar-refractivity contribution in [3.63, 3.8) is 0 Å². The first kappa shape index (κ1) is 27.1. The Morgan fingerprint density at radius 3 is 2.39 bits per heavy atom. The van der Waals surface area contributed by atoms with E-state index in [0.29, 0.717) is 5.56 Å². The first-order chi connectivity index (χ1) is 16.6. The first-order valence-corrected chi connectivity index (χ1v) is 10.5. The van der Waals surface area contributed by atoms with Crippen molar-refractivity contribution in [1.29, 1.82) is 0 Å². The molecule has 2 aromatic carbocycles. The molecule has 194 valence electrons. The van der Waals surface area contributed by atoms with Crippen molar-refractivity contribution in [3.8, 4) is 5.75 Å². The maximum Gasteiger partial charge on any atom is 0.435 e. The van der Waals surface area contributed by atoms with Crippen LogP contribution < -0.4 is 10.6 Å². The summed E-state index contributed by atoms with van der Waals surface area (Å²) in [4.78, 5) is 28.7. The first-order valence-electron chi connectivity index (χ1n) is 10.2. The van der Waals surface area contributed by atoms with E-state index < -0.39 is 60.6 Å². The van der Waals surface area contributed by atoms with Crippen LogP contribution in [0, 0.1) is 6.92 Å². The Labute approximate surface area is 205 Å². The molecule has 0 aromatic heterocycles. The van der Waals surface area contributed by atoms with Gasteiger partial charge in [0.15, 0.2) is 0 Å². The van der Waals surface area contributed by atoms with E-state index in [-0.39, 0.29) is 21.9 Å². The molecule has 2 aromatic rings. The fourth-order valence-electron chi connectivity index (χ4n) is 3.48. The lowest BCUT2D eigenvalue weighted by Crippen LogP contribution is -2.42. The smallest absolute Gasteiger partial charge is 0.435 e. The highest BCUT2D eigenvalue weighted by Gasteiger charge is 2.62. The standard InChI is InChI=1S/C22H18ClF6N3O4/c1-11-4-12(2-3-16(11)19(35)30-9-18(34)31-10-21(24,25)26)17-8-20(36-32-17,22(27,28)29)13-5-14(23)7-15(33)6-13/h2-7,33H,8-10H2,1H3,(H,30,35)(H,31,34)/t20-/m1/s1. The molecule has 0 bridgehead atoms.